The first-order valence-corrected chi connectivity index (χ1v) is 8.88. The van der Waals surface area contributed by atoms with E-state index < -0.39 is 0 Å². The molecule has 0 atom stereocenters. The molecule has 0 unspecified atom stereocenters. The van der Waals surface area contributed by atoms with E-state index in [0.29, 0.717) is 13.2 Å². The Morgan fingerprint density at radius 2 is 1.75 bits per heavy atom. The highest BCUT2D eigenvalue weighted by atomic mass is 16.5. The maximum absolute atomic E-state index is 12.1. The minimum absolute atomic E-state index is 0.0115. The van der Waals surface area contributed by atoms with Gasteiger partial charge in [0.25, 0.3) is 0 Å². The second kappa shape index (κ2) is 8.38. The van der Waals surface area contributed by atoms with Crippen molar-refractivity contribution in [2.24, 2.45) is 0 Å². The molecule has 1 N–H and O–H groups in total. The van der Waals surface area contributed by atoms with E-state index in [2.05, 4.69) is 50.0 Å². The summed E-state index contributed by atoms with van der Waals surface area (Å²) in [6.07, 6.45) is 0. The maximum Gasteiger partial charge on any atom is 0.317 e. The highest BCUT2D eigenvalue weighted by molar-refractivity contribution is 5.74. The fourth-order valence-corrected chi connectivity index (χ4v) is 2.76. The lowest BCUT2D eigenvalue weighted by atomic mass is 9.87. The molecule has 2 rings (SSSR count). The Balaban J connectivity index is 1.67. The summed E-state index contributed by atoms with van der Waals surface area (Å²) in [4.78, 5) is 16.3. The highest BCUT2D eigenvalue weighted by Gasteiger charge is 2.19. The number of piperazine rings is 1. The summed E-state index contributed by atoms with van der Waals surface area (Å²) in [6.45, 7) is 14.3. The molecule has 0 spiro atoms. The Bertz CT molecular complexity index is 514. The average Bonchev–Trinajstić information content (AvgIpc) is 2.58. The van der Waals surface area contributed by atoms with Gasteiger partial charge in [0.15, 0.2) is 0 Å². The number of urea groups is 1. The van der Waals surface area contributed by atoms with Crippen molar-refractivity contribution in [1.29, 1.82) is 0 Å². The number of nitrogens with one attached hydrogen (secondary N) is 1. The quantitative estimate of drug-likeness (QED) is 0.843. The molecule has 0 saturated carbocycles. The zero-order chi connectivity index (χ0) is 17.6. The van der Waals surface area contributed by atoms with Crippen molar-refractivity contribution in [2.75, 3.05) is 45.9 Å². The van der Waals surface area contributed by atoms with E-state index in [-0.39, 0.29) is 11.4 Å². The predicted octanol–water partition coefficient (Wildman–Crippen LogP) is 2.71. The lowest BCUT2D eigenvalue weighted by molar-refractivity contribution is 0.142. The van der Waals surface area contributed by atoms with Crippen LogP contribution in [-0.2, 0) is 5.41 Å². The van der Waals surface area contributed by atoms with Gasteiger partial charge in [0.1, 0.15) is 12.4 Å². The van der Waals surface area contributed by atoms with Gasteiger partial charge in [-0.1, -0.05) is 39.8 Å². The molecule has 1 saturated heterocycles. The number of hydrogen-bond donors (Lipinski definition) is 1. The van der Waals surface area contributed by atoms with Gasteiger partial charge in [0.2, 0.25) is 0 Å². The summed E-state index contributed by atoms with van der Waals surface area (Å²) in [5, 5.41) is 2.93. The fourth-order valence-electron chi connectivity index (χ4n) is 2.76. The van der Waals surface area contributed by atoms with Crippen LogP contribution in [0.3, 0.4) is 0 Å². The summed E-state index contributed by atoms with van der Waals surface area (Å²) in [5.74, 6) is 0.841. The van der Waals surface area contributed by atoms with Gasteiger partial charge in [0, 0.05) is 26.2 Å². The lowest BCUT2D eigenvalue weighted by Crippen LogP contribution is -2.52. The molecular formula is C19H31N3O2. The van der Waals surface area contributed by atoms with Gasteiger partial charge in [-0.2, -0.15) is 0 Å². The molecular weight excluding hydrogens is 302 g/mol. The Kier molecular flexibility index (Phi) is 6.49. The Labute approximate surface area is 146 Å². The molecule has 1 aliphatic heterocycles. The molecule has 1 aliphatic rings. The number of carbonyl (C=O) groups excluding carboxylic acids is 1. The van der Waals surface area contributed by atoms with Gasteiger partial charge in [-0.25, -0.2) is 4.79 Å². The third kappa shape index (κ3) is 5.41. The van der Waals surface area contributed by atoms with Gasteiger partial charge >= 0.3 is 6.03 Å². The Morgan fingerprint density at radius 1 is 1.12 bits per heavy atom. The molecule has 0 radical (unpaired) electrons. The van der Waals surface area contributed by atoms with Crippen molar-refractivity contribution < 1.29 is 9.53 Å². The second-order valence-electron chi connectivity index (χ2n) is 7.28. The molecule has 134 valence electrons. The summed E-state index contributed by atoms with van der Waals surface area (Å²) < 4.78 is 5.70. The van der Waals surface area contributed by atoms with Gasteiger partial charge in [-0.15, -0.1) is 0 Å². The van der Waals surface area contributed by atoms with Crippen LogP contribution in [0.5, 0.6) is 5.75 Å². The summed E-state index contributed by atoms with van der Waals surface area (Å²) in [5.41, 5.74) is 1.43. The van der Waals surface area contributed by atoms with Crippen LogP contribution in [0.2, 0.25) is 0 Å². The molecule has 0 aliphatic carbocycles. The lowest BCUT2D eigenvalue weighted by Gasteiger charge is -2.33. The standard InChI is InChI=1S/C19H31N3O2/c1-5-21-11-13-22(14-12-21)18(23)20-10-15-24-17-8-6-16(7-9-17)19(2,3)4/h6-9H,5,10-15H2,1-4H3,(H,20,23). The largest absolute Gasteiger partial charge is 0.492 e. The normalized spacial score (nSPS) is 16.1. The van der Waals surface area contributed by atoms with Crippen molar-refractivity contribution in [1.82, 2.24) is 15.1 Å². The monoisotopic (exact) mass is 333 g/mol. The topological polar surface area (TPSA) is 44.8 Å². The first kappa shape index (κ1) is 18.6. The zero-order valence-electron chi connectivity index (χ0n) is 15.5. The summed E-state index contributed by atoms with van der Waals surface area (Å²) in [6, 6.07) is 8.19. The van der Waals surface area contributed by atoms with Crippen LogP contribution in [0.1, 0.15) is 33.3 Å². The van der Waals surface area contributed by atoms with Crippen LogP contribution in [0.15, 0.2) is 24.3 Å². The Hall–Kier alpha value is -1.75. The maximum atomic E-state index is 12.1. The minimum atomic E-state index is 0.0115. The van der Waals surface area contributed by atoms with Gasteiger partial charge in [-0.05, 0) is 29.7 Å². The number of nitrogens with zero attached hydrogens (tertiary/aromatic N) is 2. The molecule has 5 heteroatoms. The predicted molar refractivity (Wildman–Crippen MR) is 97.7 cm³/mol. The van der Waals surface area contributed by atoms with Crippen molar-refractivity contribution in [2.45, 2.75) is 33.1 Å². The van der Waals surface area contributed by atoms with Gasteiger partial charge < -0.3 is 19.9 Å². The number of ether oxygens (including phenoxy) is 1. The SMILES string of the molecule is CCN1CCN(C(=O)NCCOc2ccc(C(C)(C)C)cc2)CC1. The van der Waals surface area contributed by atoms with E-state index in [4.69, 9.17) is 4.74 Å². The van der Waals surface area contributed by atoms with E-state index in [9.17, 15) is 4.79 Å². The first-order chi connectivity index (χ1) is 11.4. The number of carbonyl (C=O) groups is 1. The number of hydrogen-bond acceptors (Lipinski definition) is 3. The molecule has 24 heavy (non-hydrogen) atoms. The van der Waals surface area contributed by atoms with Crippen LogP contribution in [0, 0.1) is 0 Å². The molecule has 1 fully saturated rings. The minimum Gasteiger partial charge on any atom is -0.492 e. The molecule has 0 aromatic heterocycles. The van der Waals surface area contributed by atoms with Crippen molar-refractivity contribution in [3.63, 3.8) is 0 Å². The van der Waals surface area contributed by atoms with Crippen LogP contribution < -0.4 is 10.1 Å². The smallest absolute Gasteiger partial charge is 0.317 e. The van der Waals surface area contributed by atoms with Crippen LogP contribution in [0.25, 0.3) is 0 Å². The van der Waals surface area contributed by atoms with Crippen molar-refractivity contribution in [3.8, 4) is 5.75 Å². The average molecular weight is 333 g/mol. The van der Waals surface area contributed by atoms with E-state index >= 15 is 0 Å². The van der Waals surface area contributed by atoms with Crippen LogP contribution in [-0.4, -0.2) is 61.7 Å². The van der Waals surface area contributed by atoms with E-state index in [1.165, 1.54) is 5.56 Å². The van der Waals surface area contributed by atoms with E-state index in [1.54, 1.807) is 0 Å². The van der Waals surface area contributed by atoms with Gasteiger partial charge in [-0.3, -0.25) is 0 Å². The number of amides is 2. The second-order valence-corrected chi connectivity index (χ2v) is 7.28. The van der Waals surface area contributed by atoms with Crippen molar-refractivity contribution in [3.05, 3.63) is 29.8 Å². The highest BCUT2D eigenvalue weighted by Crippen LogP contribution is 2.24. The summed E-state index contributed by atoms with van der Waals surface area (Å²) in [7, 11) is 0. The first-order valence-electron chi connectivity index (χ1n) is 8.88. The molecule has 2 amide bonds. The fraction of sp³-hybridized carbons (Fsp3) is 0.632. The molecule has 5 nitrogen and oxygen atoms in total. The van der Waals surface area contributed by atoms with Crippen LogP contribution >= 0.6 is 0 Å². The zero-order valence-corrected chi connectivity index (χ0v) is 15.5. The number of rotatable bonds is 5. The third-order valence-electron chi connectivity index (χ3n) is 4.47. The molecule has 1 aromatic rings. The van der Waals surface area contributed by atoms with E-state index in [0.717, 1.165) is 38.5 Å². The number of benzene rings is 1. The Morgan fingerprint density at radius 3 is 2.29 bits per heavy atom. The number of likely N-dealkylation sites (N-methyl/N-ethyl adjacent to an activating group) is 1. The van der Waals surface area contributed by atoms with Gasteiger partial charge in [0.05, 0.1) is 6.54 Å². The van der Waals surface area contributed by atoms with Crippen LogP contribution in [0.4, 0.5) is 4.79 Å². The summed E-state index contributed by atoms with van der Waals surface area (Å²) >= 11 is 0. The van der Waals surface area contributed by atoms with Crippen molar-refractivity contribution >= 4 is 6.03 Å². The molecule has 0 bridgehead atoms. The molecule has 1 aromatic carbocycles. The third-order valence-corrected chi connectivity index (χ3v) is 4.47. The molecule has 1 heterocycles. The van der Waals surface area contributed by atoms with E-state index in [1.807, 2.05) is 17.0 Å².